The maximum Gasteiger partial charge on any atom is 0.405 e. The van der Waals surface area contributed by atoms with Gasteiger partial charge in [-0.1, -0.05) is 6.07 Å². The van der Waals surface area contributed by atoms with Gasteiger partial charge in [-0.2, -0.15) is 18.3 Å². The molecule has 31 heavy (non-hydrogen) atoms. The van der Waals surface area contributed by atoms with Gasteiger partial charge in [-0.25, -0.2) is 14.6 Å². The normalized spacial score (nSPS) is 11.4. The molecule has 0 aliphatic carbocycles. The number of hydrogen-bond acceptors (Lipinski definition) is 7. The molecule has 0 spiro atoms. The summed E-state index contributed by atoms with van der Waals surface area (Å²) in [4.78, 5) is 41.1. The molecule has 0 atom stereocenters. The van der Waals surface area contributed by atoms with Gasteiger partial charge in [0, 0.05) is 7.05 Å². The monoisotopic (exact) mass is 455 g/mol. The fourth-order valence-corrected chi connectivity index (χ4v) is 3.44. The summed E-state index contributed by atoms with van der Waals surface area (Å²) in [5, 5.41) is 9.67. The lowest BCUT2D eigenvalue weighted by Crippen LogP contribution is -2.44. The van der Waals surface area contributed by atoms with Crippen LogP contribution in [-0.4, -0.2) is 52.0 Å². The number of imide groups is 1. The number of aromatic nitrogens is 3. The van der Waals surface area contributed by atoms with E-state index in [0.29, 0.717) is 22.4 Å². The maximum absolute atomic E-state index is 12.7. The van der Waals surface area contributed by atoms with E-state index in [9.17, 15) is 27.6 Å². The molecule has 0 bridgehead atoms. The van der Waals surface area contributed by atoms with Crippen molar-refractivity contribution < 1.29 is 32.3 Å². The molecule has 0 saturated carbocycles. The smallest absolute Gasteiger partial charge is 0.405 e. The molecule has 3 aromatic rings. The molecule has 0 aliphatic heterocycles. The SMILES string of the molecule is Cc1nn(C)c2nc(-c3cccs3)cc(C(=O)OCC(=O)NC(=O)NCC(F)(F)F)c12. The molecule has 13 heteroatoms. The van der Waals surface area contributed by atoms with Crippen LogP contribution in [0.1, 0.15) is 16.1 Å². The van der Waals surface area contributed by atoms with Crippen LogP contribution >= 0.6 is 11.3 Å². The highest BCUT2D eigenvalue weighted by molar-refractivity contribution is 7.13. The van der Waals surface area contributed by atoms with Crippen molar-refractivity contribution in [3.05, 3.63) is 34.8 Å². The summed E-state index contributed by atoms with van der Waals surface area (Å²) < 4.78 is 42.7. The molecule has 0 aromatic carbocycles. The zero-order valence-corrected chi connectivity index (χ0v) is 17.1. The number of urea groups is 1. The lowest BCUT2D eigenvalue weighted by atomic mass is 10.1. The third-order valence-electron chi connectivity index (χ3n) is 4.00. The van der Waals surface area contributed by atoms with E-state index in [2.05, 4.69) is 10.1 Å². The summed E-state index contributed by atoms with van der Waals surface area (Å²) >= 11 is 1.42. The van der Waals surface area contributed by atoms with Gasteiger partial charge in [0.15, 0.2) is 12.3 Å². The summed E-state index contributed by atoms with van der Waals surface area (Å²) in [6.07, 6.45) is -4.62. The lowest BCUT2D eigenvalue weighted by molar-refractivity contribution is -0.125. The average Bonchev–Trinajstić information content (AvgIpc) is 3.32. The van der Waals surface area contributed by atoms with Crippen LogP contribution in [0.25, 0.3) is 21.6 Å². The molecule has 3 rings (SSSR count). The Morgan fingerprint density at radius 3 is 2.68 bits per heavy atom. The Morgan fingerprint density at radius 1 is 1.29 bits per heavy atom. The van der Waals surface area contributed by atoms with Crippen LogP contribution in [0.15, 0.2) is 23.6 Å². The number of esters is 1. The molecule has 2 N–H and O–H groups in total. The standard InChI is InChI=1S/C18H16F3N5O4S/c1-9-14-10(6-11(12-4-3-5-31-12)23-15(14)26(2)25-9)16(28)30-7-13(27)24-17(29)22-8-18(19,20)21/h3-6H,7-8H2,1-2H3,(H2,22,24,27,29). The second kappa shape index (κ2) is 8.71. The second-order valence-electron chi connectivity index (χ2n) is 6.36. The van der Waals surface area contributed by atoms with E-state index < -0.39 is 37.2 Å². The number of aryl methyl sites for hydroxylation is 2. The highest BCUT2D eigenvalue weighted by Gasteiger charge is 2.28. The van der Waals surface area contributed by atoms with E-state index in [0.717, 1.165) is 4.88 Å². The number of nitrogens with zero attached hydrogens (tertiary/aromatic N) is 3. The number of fused-ring (bicyclic) bond motifs is 1. The molecular weight excluding hydrogens is 439 g/mol. The van der Waals surface area contributed by atoms with E-state index in [1.54, 1.807) is 19.3 Å². The Balaban J connectivity index is 1.75. The van der Waals surface area contributed by atoms with Crippen molar-refractivity contribution in [3.63, 3.8) is 0 Å². The number of ether oxygens (including phenoxy) is 1. The van der Waals surface area contributed by atoms with Gasteiger partial charge in [0.25, 0.3) is 5.91 Å². The van der Waals surface area contributed by atoms with E-state index >= 15 is 0 Å². The largest absolute Gasteiger partial charge is 0.452 e. The highest BCUT2D eigenvalue weighted by Crippen LogP contribution is 2.29. The predicted octanol–water partition coefficient (Wildman–Crippen LogP) is 2.55. The minimum absolute atomic E-state index is 0.119. The Bertz CT molecular complexity index is 1140. The number of thiophene rings is 1. The minimum Gasteiger partial charge on any atom is -0.452 e. The summed E-state index contributed by atoms with van der Waals surface area (Å²) in [7, 11) is 1.67. The number of pyridine rings is 1. The molecule has 0 saturated heterocycles. The van der Waals surface area contributed by atoms with E-state index in [1.807, 2.05) is 17.5 Å². The number of hydrogen-bond donors (Lipinski definition) is 2. The van der Waals surface area contributed by atoms with Gasteiger partial charge in [-0.15, -0.1) is 11.3 Å². The Labute approximate surface area is 177 Å². The quantitative estimate of drug-likeness (QED) is 0.572. The van der Waals surface area contributed by atoms with Crippen LogP contribution in [0, 0.1) is 6.92 Å². The van der Waals surface area contributed by atoms with Gasteiger partial charge in [-0.3, -0.25) is 14.8 Å². The van der Waals surface area contributed by atoms with Crippen molar-refractivity contribution in [2.45, 2.75) is 13.1 Å². The van der Waals surface area contributed by atoms with Crippen molar-refractivity contribution in [1.82, 2.24) is 25.4 Å². The first-order chi connectivity index (χ1) is 14.5. The Kier molecular flexibility index (Phi) is 6.24. The first kappa shape index (κ1) is 22.2. The molecule has 9 nitrogen and oxygen atoms in total. The molecule has 3 heterocycles. The topological polar surface area (TPSA) is 115 Å². The third kappa shape index (κ3) is 5.36. The van der Waals surface area contributed by atoms with Crippen LogP contribution in [0.3, 0.4) is 0 Å². The fourth-order valence-electron chi connectivity index (χ4n) is 2.75. The predicted molar refractivity (Wildman–Crippen MR) is 104 cm³/mol. The van der Waals surface area contributed by atoms with Gasteiger partial charge in [0.2, 0.25) is 0 Å². The molecule has 164 valence electrons. The lowest BCUT2D eigenvalue weighted by Gasteiger charge is -2.10. The van der Waals surface area contributed by atoms with E-state index in [1.165, 1.54) is 27.4 Å². The zero-order chi connectivity index (χ0) is 22.8. The number of nitrogens with one attached hydrogen (secondary N) is 2. The van der Waals surface area contributed by atoms with E-state index in [-0.39, 0.29) is 5.56 Å². The van der Waals surface area contributed by atoms with Gasteiger partial charge in [0.05, 0.1) is 27.2 Å². The van der Waals surface area contributed by atoms with Crippen molar-refractivity contribution in [2.75, 3.05) is 13.2 Å². The maximum atomic E-state index is 12.7. The molecule has 0 fully saturated rings. The first-order valence-corrected chi connectivity index (χ1v) is 9.63. The fraction of sp³-hybridized carbons (Fsp3) is 0.278. The van der Waals surface area contributed by atoms with Crippen LogP contribution < -0.4 is 10.6 Å². The van der Waals surface area contributed by atoms with Crippen molar-refractivity contribution in [2.24, 2.45) is 7.05 Å². The van der Waals surface area contributed by atoms with Crippen molar-refractivity contribution >= 4 is 40.3 Å². The molecular formula is C18H16F3N5O4S. The molecule has 3 amide bonds. The Hall–Kier alpha value is -3.48. The molecule has 0 unspecified atom stereocenters. The van der Waals surface area contributed by atoms with Gasteiger partial charge < -0.3 is 10.1 Å². The number of rotatable bonds is 5. The van der Waals surface area contributed by atoms with Gasteiger partial charge >= 0.3 is 18.2 Å². The summed E-state index contributed by atoms with van der Waals surface area (Å²) in [6.45, 7) is -0.786. The second-order valence-corrected chi connectivity index (χ2v) is 7.31. The van der Waals surface area contributed by atoms with Gasteiger partial charge in [-0.05, 0) is 24.4 Å². The number of amides is 3. The Morgan fingerprint density at radius 2 is 2.03 bits per heavy atom. The van der Waals surface area contributed by atoms with Gasteiger partial charge in [0.1, 0.15) is 6.54 Å². The minimum atomic E-state index is -4.62. The van der Waals surface area contributed by atoms with Crippen LogP contribution in [0.5, 0.6) is 0 Å². The number of carbonyl (C=O) groups excluding carboxylic acids is 3. The molecule has 0 aliphatic rings. The molecule has 0 radical (unpaired) electrons. The number of carbonyl (C=O) groups is 3. The number of alkyl halides is 3. The highest BCUT2D eigenvalue weighted by atomic mass is 32.1. The van der Waals surface area contributed by atoms with E-state index in [4.69, 9.17) is 4.74 Å². The molecule has 3 aromatic heterocycles. The summed E-state index contributed by atoms with van der Waals surface area (Å²) in [5.41, 5.74) is 1.58. The zero-order valence-electron chi connectivity index (χ0n) is 16.2. The first-order valence-electron chi connectivity index (χ1n) is 8.75. The van der Waals surface area contributed by atoms with Crippen molar-refractivity contribution in [1.29, 1.82) is 0 Å². The average molecular weight is 455 g/mol. The third-order valence-corrected chi connectivity index (χ3v) is 4.89. The van der Waals surface area contributed by atoms with Crippen LogP contribution in [-0.2, 0) is 16.6 Å². The summed E-state index contributed by atoms with van der Waals surface area (Å²) in [6, 6.07) is 3.81. The van der Waals surface area contributed by atoms with Crippen LogP contribution in [0.4, 0.5) is 18.0 Å². The van der Waals surface area contributed by atoms with Crippen LogP contribution in [0.2, 0.25) is 0 Å². The van der Waals surface area contributed by atoms with Crippen molar-refractivity contribution in [3.8, 4) is 10.6 Å². The number of halogens is 3. The summed E-state index contributed by atoms with van der Waals surface area (Å²) in [5.74, 6) is -1.95.